The van der Waals surface area contributed by atoms with E-state index >= 15 is 0 Å². The molecule has 0 bridgehead atoms. The maximum absolute atomic E-state index is 11.3. The number of nitrogens with zero attached hydrogens (tertiary/aromatic N) is 5. The maximum Gasteiger partial charge on any atom is 0.327 e. The Morgan fingerprint density at radius 1 is 1.44 bits per heavy atom. The lowest BCUT2D eigenvalue weighted by Crippen LogP contribution is -2.42. The largest absolute Gasteiger partial charge is 0.468 e. The number of hydrogen-bond acceptors (Lipinski definition) is 5. The van der Waals surface area contributed by atoms with Crippen molar-refractivity contribution in [3.63, 3.8) is 0 Å². The van der Waals surface area contributed by atoms with E-state index < -0.39 is 0 Å². The summed E-state index contributed by atoms with van der Waals surface area (Å²) in [4.78, 5) is 18.3. The van der Waals surface area contributed by atoms with Gasteiger partial charge in [-0.25, -0.2) is 9.67 Å². The van der Waals surface area contributed by atoms with Gasteiger partial charge in [-0.05, 0) is 31.6 Å². The van der Waals surface area contributed by atoms with Crippen LogP contribution in [0.2, 0.25) is 0 Å². The molecule has 1 saturated heterocycles. The number of hydrogen-bond donors (Lipinski definition) is 1. The highest BCUT2D eigenvalue weighted by atomic mass is 127. The molecule has 0 radical (unpaired) electrons. The Balaban J connectivity index is 0.00000225. The number of aliphatic imine (C=N–C) groups is 1. The fraction of sp³-hybridized carbons (Fsp3) is 0.750. The molecule has 1 spiro atoms. The standard InChI is InChI=1S/C16H26N6O2.HI/c1-3-17-15(21-8-7-16(12-21)5-4-6-16)18-9-13-10-22(20-19-13)11-14(23)24-2;/h10H,3-9,11-12H2,1-2H3,(H,17,18);1H. The van der Waals surface area contributed by atoms with E-state index in [4.69, 9.17) is 4.99 Å². The van der Waals surface area contributed by atoms with Crippen LogP contribution in [-0.2, 0) is 22.6 Å². The molecule has 1 saturated carbocycles. The molecule has 2 aliphatic rings. The molecule has 1 aliphatic carbocycles. The second-order valence-corrected chi connectivity index (χ2v) is 6.68. The number of nitrogens with one attached hydrogen (secondary N) is 1. The number of guanidine groups is 1. The van der Waals surface area contributed by atoms with Crippen LogP contribution in [0.4, 0.5) is 0 Å². The fourth-order valence-electron chi connectivity index (χ4n) is 3.47. The Labute approximate surface area is 165 Å². The van der Waals surface area contributed by atoms with Crippen LogP contribution in [0.5, 0.6) is 0 Å². The molecule has 2 heterocycles. The van der Waals surface area contributed by atoms with Gasteiger partial charge in [0.15, 0.2) is 5.96 Å². The smallest absolute Gasteiger partial charge is 0.327 e. The minimum atomic E-state index is -0.342. The predicted molar refractivity (Wildman–Crippen MR) is 105 cm³/mol. The molecule has 0 unspecified atom stereocenters. The average Bonchev–Trinajstić information content (AvgIpc) is 3.18. The molecule has 0 aromatic carbocycles. The lowest BCUT2D eigenvalue weighted by Gasteiger charge is -2.38. The zero-order valence-electron chi connectivity index (χ0n) is 14.9. The Kier molecular flexibility index (Phi) is 7.03. The normalized spacial score (nSPS) is 18.6. The molecule has 9 heteroatoms. The van der Waals surface area contributed by atoms with Crippen molar-refractivity contribution in [1.82, 2.24) is 25.2 Å². The van der Waals surface area contributed by atoms with Crippen molar-refractivity contribution in [3.05, 3.63) is 11.9 Å². The molecule has 8 nitrogen and oxygen atoms in total. The van der Waals surface area contributed by atoms with Crippen molar-refractivity contribution in [1.29, 1.82) is 0 Å². The van der Waals surface area contributed by atoms with Gasteiger partial charge in [0.1, 0.15) is 12.2 Å². The van der Waals surface area contributed by atoms with E-state index in [2.05, 4.69) is 32.2 Å². The van der Waals surface area contributed by atoms with Crippen LogP contribution in [0.25, 0.3) is 0 Å². The van der Waals surface area contributed by atoms with Gasteiger partial charge in [-0.15, -0.1) is 29.1 Å². The van der Waals surface area contributed by atoms with Gasteiger partial charge in [0.25, 0.3) is 0 Å². The summed E-state index contributed by atoms with van der Waals surface area (Å²) in [5.74, 6) is 0.606. The van der Waals surface area contributed by atoms with Crippen LogP contribution in [0.1, 0.15) is 38.3 Å². The van der Waals surface area contributed by atoms with Crippen molar-refractivity contribution in [2.45, 2.75) is 45.7 Å². The van der Waals surface area contributed by atoms with Gasteiger partial charge in [0.2, 0.25) is 0 Å². The second-order valence-electron chi connectivity index (χ2n) is 6.68. The van der Waals surface area contributed by atoms with Crippen LogP contribution in [-0.4, -0.2) is 58.6 Å². The first-order valence-electron chi connectivity index (χ1n) is 8.63. The van der Waals surface area contributed by atoms with Gasteiger partial charge in [0.05, 0.1) is 19.9 Å². The Morgan fingerprint density at radius 2 is 2.24 bits per heavy atom. The summed E-state index contributed by atoms with van der Waals surface area (Å²) in [7, 11) is 1.36. The molecule has 1 aromatic rings. The van der Waals surface area contributed by atoms with E-state index in [9.17, 15) is 4.79 Å². The zero-order chi connectivity index (χ0) is 17.0. The number of halogens is 1. The molecule has 3 rings (SSSR count). The molecule has 0 amide bonds. The number of aromatic nitrogens is 3. The van der Waals surface area contributed by atoms with E-state index in [0.29, 0.717) is 12.0 Å². The van der Waals surface area contributed by atoms with E-state index in [0.717, 1.165) is 31.3 Å². The second kappa shape index (κ2) is 8.81. The highest BCUT2D eigenvalue weighted by molar-refractivity contribution is 14.0. The van der Waals surface area contributed by atoms with E-state index in [1.165, 1.54) is 37.5 Å². The molecule has 2 fully saturated rings. The van der Waals surface area contributed by atoms with Crippen molar-refractivity contribution < 1.29 is 9.53 Å². The lowest BCUT2D eigenvalue weighted by atomic mass is 9.68. The van der Waals surface area contributed by atoms with E-state index in [1.807, 2.05) is 0 Å². The quantitative estimate of drug-likeness (QED) is 0.309. The number of methoxy groups -OCH3 is 1. The molecule has 25 heavy (non-hydrogen) atoms. The molecular weight excluding hydrogens is 435 g/mol. The fourth-order valence-corrected chi connectivity index (χ4v) is 3.47. The molecule has 140 valence electrons. The third-order valence-corrected chi connectivity index (χ3v) is 4.98. The Morgan fingerprint density at radius 3 is 2.84 bits per heavy atom. The monoisotopic (exact) mass is 462 g/mol. The van der Waals surface area contributed by atoms with Crippen LogP contribution in [0, 0.1) is 5.41 Å². The summed E-state index contributed by atoms with van der Waals surface area (Å²) in [5, 5.41) is 11.4. The van der Waals surface area contributed by atoms with Gasteiger partial charge in [-0.1, -0.05) is 11.6 Å². The predicted octanol–water partition coefficient (Wildman–Crippen LogP) is 1.41. The first-order chi connectivity index (χ1) is 11.6. The summed E-state index contributed by atoms with van der Waals surface area (Å²) >= 11 is 0. The third kappa shape index (κ3) is 4.83. The van der Waals surface area contributed by atoms with Crippen molar-refractivity contribution in [3.8, 4) is 0 Å². The average molecular weight is 462 g/mol. The Hall–Kier alpha value is -1.39. The highest BCUT2D eigenvalue weighted by Gasteiger charge is 2.43. The SMILES string of the molecule is CCNC(=NCc1cn(CC(=O)OC)nn1)N1CCC2(CCC2)C1.I. The van der Waals surface area contributed by atoms with Crippen molar-refractivity contribution in [2.24, 2.45) is 10.4 Å². The maximum atomic E-state index is 11.3. The first-order valence-corrected chi connectivity index (χ1v) is 8.63. The van der Waals surface area contributed by atoms with Crippen LogP contribution in [0.3, 0.4) is 0 Å². The number of ether oxygens (including phenoxy) is 1. The van der Waals surface area contributed by atoms with Crippen molar-refractivity contribution >= 4 is 35.9 Å². The van der Waals surface area contributed by atoms with Crippen LogP contribution < -0.4 is 5.32 Å². The summed E-state index contributed by atoms with van der Waals surface area (Å²) in [5.41, 5.74) is 1.28. The molecule has 0 atom stereocenters. The summed E-state index contributed by atoms with van der Waals surface area (Å²) in [6, 6.07) is 0. The number of carbonyl (C=O) groups excluding carboxylic acids is 1. The summed E-state index contributed by atoms with van der Waals surface area (Å²) in [6.45, 7) is 5.62. The number of rotatable bonds is 5. The van der Waals surface area contributed by atoms with E-state index in [-0.39, 0.29) is 36.5 Å². The number of esters is 1. The van der Waals surface area contributed by atoms with E-state index in [1.54, 1.807) is 6.20 Å². The minimum absolute atomic E-state index is 0. The summed E-state index contributed by atoms with van der Waals surface area (Å²) < 4.78 is 6.10. The molecular formula is C16H27IN6O2. The molecule has 1 aromatic heterocycles. The minimum Gasteiger partial charge on any atom is -0.468 e. The van der Waals surface area contributed by atoms with Gasteiger partial charge < -0.3 is 15.0 Å². The number of likely N-dealkylation sites (tertiary alicyclic amines) is 1. The van der Waals surface area contributed by atoms with Gasteiger partial charge in [-0.2, -0.15) is 0 Å². The topological polar surface area (TPSA) is 84.6 Å². The first kappa shape index (κ1) is 19.9. The van der Waals surface area contributed by atoms with Crippen molar-refractivity contribution in [2.75, 3.05) is 26.7 Å². The van der Waals surface area contributed by atoms with Crippen LogP contribution in [0.15, 0.2) is 11.2 Å². The third-order valence-electron chi connectivity index (χ3n) is 4.98. The lowest BCUT2D eigenvalue weighted by molar-refractivity contribution is -0.141. The summed E-state index contributed by atoms with van der Waals surface area (Å²) in [6.07, 6.45) is 7.08. The van der Waals surface area contributed by atoms with Gasteiger partial charge >= 0.3 is 5.97 Å². The van der Waals surface area contributed by atoms with Gasteiger partial charge in [-0.3, -0.25) is 4.79 Å². The number of carbonyl (C=O) groups is 1. The van der Waals surface area contributed by atoms with Gasteiger partial charge in [0, 0.05) is 19.6 Å². The zero-order valence-corrected chi connectivity index (χ0v) is 17.2. The van der Waals surface area contributed by atoms with Crippen LogP contribution >= 0.6 is 24.0 Å². The molecule has 1 N–H and O–H groups in total. The molecule has 1 aliphatic heterocycles. The Bertz CT molecular complexity index is 614. The highest BCUT2D eigenvalue weighted by Crippen LogP contribution is 2.47.